The zero-order valence-electron chi connectivity index (χ0n) is 15.8. The van der Waals surface area contributed by atoms with Gasteiger partial charge in [-0.2, -0.15) is 0 Å². The van der Waals surface area contributed by atoms with Gasteiger partial charge in [0.2, 0.25) is 5.43 Å². The van der Waals surface area contributed by atoms with E-state index in [1.54, 1.807) is 17.7 Å². The molecule has 0 aliphatic rings. The van der Waals surface area contributed by atoms with Gasteiger partial charge in [0, 0.05) is 23.1 Å². The number of fused-ring (bicyclic) bond motifs is 2. The molecule has 0 N–H and O–H groups in total. The monoisotopic (exact) mass is 392 g/mol. The molecular weight excluding hydrogens is 372 g/mol. The lowest BCUT2D eigenvalue weighted by molar-refractivity contribution is 0.414. The SMILES string of the molecule is CCc1nc2sc3ccccc3c(=O)c2c(=O)n1CCc1ccc(OC)cc1. The fourth-order valence-corrected chi connectivity index (χ4v) is 4.42. The summed E-state index contributed by atoms with van der Waals surface area (Å²) >= 11 is 1.40. The molecule has 28 heavy (non-hydrogen) atoms. The molecular formula is C22H20N2O3S. The second-order valence-corrected chi connectivity index (χ2v) is 7.57. The molecule has 0 spiro atoms. The van der Waals surface area contributed by atoms with Crippen LogP contribution in [0.15, 0.2) is 58.1 Å². The number of benzene rings is 2. The van der Waals surface area contributed by atoms with E-state index in [1.807, 2.05) is 49.4 Å². The summed E-state index contributed by atoms with van der Waals surface area (Å²) in [5.74, 6) is 1.50. The molecule has 0 fully saturated rings. The van der Waals surface area contributed by atoms with Crippen molar-refractivity contribution in [3.05, 3.63) is 80.5 Å². The summed E-state index contributed by atoms with van der Waals surface area (Å²) in [6.45, 7) is 2.45. The van der Waals surface area contributed by atoms with Gasteiger partial charge >= 0.3 is 0 Å². The second-order valence-electron chi connectivity index (χ2n) is 6.54. The molecule has 0 bridgehead atoms. The highest BCUT2D eigenvalue weighted by molar-refractivity contribution is 7.24. The lowest BCUT2D eigenvalue weighted by Crippen LogP contribution is -2.29. The van der Waals surface area contributed by atoms with Gasteiger partial charge in [-0.25, -0.2) is 4.98 Å². The summed E-state index contributed by atoms with van der Waals surface area (Å²) in [6, 6.07) is 15.1. The number of aryl methyl sites for hydroxylation is 2. The molecule has 0 saturated carbocycles. The fourth-order valence-electron chi connectivity index (χ4n) is 3.36. The number of methoxy groups -OCH3 is 1. The first kappa shape index (κ1) is 18.4. The average molecular weight is 392 g/mol. The highest BCUT2D eigenvalue weighted by Gasteiger charge is 2.15. The van der Waals surface area contributed by atoms with Crippen molar-refractivity contribution >= 4 is 31.6 Å². The molecule has 2 aromatic carbocycles. The van der Waals surface area contributed by atoms with E-state index < -0.39 is 0 Å². The predicted molar refractivity (Wildman–Crippen MR) is 114 cm³/mol. The van der Waals surface area contributed by atoms with Crippen molar-refractivity contribution in [1.82, 2.24) is 9.55 Å². The molecule has 0 unspecified atom stereocenters. The van der Waals surface area contributed by atoms with Gasteiger partial charge in [0.05, 0.1) is 7.11 Å². The number of ether oxygens (including phenoxy) is 1. The van der Waals surface area contributed by atoms with E-state index in [-0.39, 0.29) is 16.4 Å². The maximum Gasteiger partial charge on any atom is 0.266 e. The van der Waals surface area contributed by atoms with Crippen LogP contribution in [0.1, 0.15) is 18.3 Å². The molecule has 5 nitrogen and oxygen atoms in total. The van der Waals surface area contributed by atoms with Crippen LogP contribution in [0.5, 0.6) is 5.75 Å². The zero-order valence-corrected chi connectivity index (χ0v) is 16.6. The van der Waals surface area contributed by atoms with Gasteiger partial charge in [0.25, 0.3) is 5.56 Å². The normalized spacial score (nSPS) is 11.2. The Balaban J connectivity index is 1.81. The molecule has 2 heterocycles. The molecule has 0 aliphatic heterocycles. The average Bonchev–Trinajstić information content (AvgIpc) is 2.73. The van der Waals surface area contributed by atoms with Crippen LogP contribution in [-0.2, 0) is 19.4 Å². The van der Waals surface area contributed by atoms with Crippen molar-refractivity contribution in [2.75, 3.05) is 7.11 Å². The topological polar surface area (TPSA) is 61.2 Å². The summed E-state index contributed by atoms with van der Waals surface area (Å²) in [4.78, 5) is 31.3. The summed E-state index contributed by atoms with van der Waals surface area (Å²) in [7, 11) is 1.63. The molecule has 2 aromatic heterocycles. The molecule has 4 rings (SSSR count). The first-order valence-electron chi connectivity index (χ1n) is 9.20. The van der Waals surface area contributed by atoms with Crippen LogP contribution < -0.4 is 15.7 Å². The molecule has 0 saturated heterocycles. The first-order valence-corrected chi connectivity index (χ1v) is 10.0. The van der Waals surface area contributed by atoms with Gasteiger partial charge in [-0.3, -0.25) is 14.2 Å². The highest BCUT2D eigenvalue weighted by atomic mass is 32.1. The van der Waals surface area contributed by atoms with E-state index in [0.717, 1.165) is 16.0 Å². The lowest BCUT2D eigenvalue weighted by atomic mass is 10.1. The Bertz CT molecular complexity index is 1270. The van der Waals surface area contributed by atoms with Gasteiger partial charge in [-0.1, -0.05) is 31.2 Å². The Morgan fingerprint density at radius 3 is 2.54 bits per heavy atom. The number of hydrogen-bond donors (Lipinski definition) is 0. The number of aromatic nitrogens is 2. The molecule has 0 radical (unpaired) electrons. The fraction of sp³-hybridized carbons (Fsp3) is 0.227. The van der Waals surface area contributed by atoms with Crippen LogP contribution in [0.3, 0.4) is 0 Å². The Labute approximate surface area is 165 Å². The van der Waals surface area contributed by atoms with Crippen LogP contribution in [0.2, 0.25) is 0 Å². The maximum absolute atomic E-state index is 13.2. The highest BCUT2D eigenvalue weighted by Crippen LogP contribution is 2.22. The van der Waals surface area contributed by atoms with Gasteiger partial charge in [0.15, 0.2) is 0 Å². The third kappa shape index (κ3) is 3.20. The predicted octanol–water partition coefficient (Wildman–Crippen LogP) is 3.79. The Morgan fingerprint density at radius 2 is 1.82 bits per heavy atom. The molecule has 6 heteroatoms. The van der Waals surface area contributed by atoms with Crippen molar-refractivity contribution in [2.24, 2.45) is 0 Å². The lowest BCUT2D eigenvalue weighted by Gasteiger charge is -2.12. The van der Waals surface area contributed by atoms with Crippen molar-refractivity contribution in [2.45, 2.75) is 26.3 Å². The van der Waals surface area contributed by atoms with E-state index in [9.17, 15) is 9.59 Å². The Kier molecular flexibility index (Phi) is 4.96. The van der Waals surface area contributed by atoms with Crippen LogP contribution in [-0.4, -0.2) is 16.7 Å². The largest absolute Gasteiger partial charge is 0.497 e. The summed E-state index contributed by atoms with van der Waals surface area (Å²) in [5, 5.41) is 0.764. The maximum atomic E-state index is 13.2. The quantitative estimate of drug-likeness (QED) is 0.485. The van der Waals surface area contributed by atoms with Crippen LogP contribution in [0.25, 0.3) is 20.3 Å². The van der Waals surface area contributed by atoms with E-state index in [2.05, 4.69) is 4.98 Å². The molecule has 4 aromatic rings. The minimum Gasteiger partial charge on any atom is -0.497 e. The minimum absolute atomic E-state index is 0.190. The van der Waals surface area contributed by atoms with Crippen molar-refractivity contribution in [3.8, 4) is 5.75 Å². The van der Waals surface area contributed by atoms with Crippen LogP contribution in [0, 0.1) is 0 Å². The summed E-state index contributed by atoms with van der Waals surface area (Å²) < 4.78 is 7.69. The summed E-state index contributed by atoms with van der Waals surface area (Å²) in [6.07, 6.45) is 1.30. The molecule has 0 amide bonds. The van der Waals surface area contributed by atoms with Crippen LogP contribution in [0.4, 0.5) is 0 Å². The van der Waals surface area contributed by atoms with E-state index in [4.69, 9.17) is 4.74 Å². The van der Waals surface area contributed by atoms with Gasteiger partial charge < -0.3 is 4.74 Å². The van der Waals surface area contributed by atoms with Crippen LogP contribution >= 0.6 is 11.3 Å². The minimum atomic E-state index is -0.248. The number of hydrogen-bond acceptors (Lipinski definition) is 5. The van der Waals surface area contributed by atoms with Crippen molar-refractivity contribution in [3.63, 3.8) is 0 Å². The van der Waals surface area contributed by atoms with E-state index in [1.165, 1.54) is 11.3 Å². The van der Waals surface area contributed by atoms with Gasteiger partial charge in [-0.15, -0.1) is 11.3 Å². The Morgan fingerprint density at radius 1 is 1.07 bits per heavy atom. The summed E-state index contributed by atoms with van der Waals surface area (Å²) in [5.41, 5.74) is 0.614. The Hall–Kier alpha value is -2.99. The van der Waals surface area contributed by atoms with Gasteiger partial charge in [0.1, 0.15) is 21.8 Å². The van der Waals surface area contributed by atoms with Crippen molar-refractivity contribution < 1.29 is 4.74 Å². The molecule has 0 atom stereocenters. The number of nitrogens with zero attached hydrogens (tertiary/aromatic N) is 2. The van der Waals surface area contributed by atoms with Gasteiger partial charge in [-0.05, 0) is 36.2 Å². The number of rotatable bonds is 5. The van der Waals surface area contributed by atoms with E-state index >= 15 is 0 Å². The molecule has 142 valence electrons. The molecule has 0 aliphatic carbocycles. The third-order valence-corrected chi connectivity index (χ3v) is 5.94. The second kappa shape index (κ2) is 7.56. The smallest absolute Gasteiger partial charge is 0.266 e. The zero-order chi connectivity index (χ0) is 19.7. The standard InChI is InChI=1S/C22H20N2O3S/c1-3-18-23-21-19(20(25)16-6-4-5-7-17(16)28-21)22(26)24(18)13-12-14-8-10-15(27-2)11-9-14/h4-11H,3,12-13H2,1-2H3. The van der Waals surface area contributed by atoms with Crippen molar-refractivity contribution in [1.29, 1.82) is 0 Å². The first-order chi connectivity index (χ1) is 13.6. The van der Waals surface area contributed by atoms with E-state index in [0.29, 0.717) is 35.4 Å². The third-order valence-electron chi connectivity index (χ3n) is 4.88.